The van der Waals surface area contributed by atoms with E-state index < -0.39 is 0 Å². The molecule has 0 amide bonds. The van der Waals surface area contributed by atoms with Gasteiger partial charge in [-0.15, -0.1) is 0 Å². The first-order valence-corrected chi connectivity index (χ1v) is 6.61. The molecule has 1 aliphatic heterocycles. The van der Waals surface area contributed by atoms with Gasteiger partial charge < -0.3 is 5.32 Å². The normalized spacial score (nSPS) is 23.1. The Kier molecular flexibility index (Phi) is 2.51. The molecule has 1 aliphatic carbocycles. The molecular weight excluding hydrogens is 194 g/mol. The van der Waals surface area contributed by atoms with Crippen LogP contribution in [0.3, 0.4) is 0 Å². The topological polar surface area (TPSA) is 12.0 Å². The third-order valence-electron chi connectivity index (χ3n) is 4.43. The fraction of sp³-hybridized carbons (Fsp3) is 0.600. The third-order valence-corrected chi connectivity index (χ3v) is 4.43. The van der Waals surface area contributed by atoms with Crippen LogP contribution in [0, 0.1) is 6.92 Å². The Morgan fingerprint density at radius 2 is 2.00 bits per heavy atom. The van der Waals surface area contributed by atoms with Gasteiger partial charge in [-0.05, 0) is 43.9 Å². The van der Waals surface area contributed by atoms with Crippen molar-refractivity contribution in [3.8, 4) is 0 Å². The second-order valence-corrected chi connectivity index (χ2v) is 5.57. The van der Waals surface area contributed by atoms with Gasteiger partial charge >= 0.3 is 0 Å². The van der Waals surface area contributed by atoms with Gasteiger partial charge in [-0.3, -0.25) is 0 Å². The second kappa shape index (κ2) is 3.89. The summed E-state index contributed by atoms with van der Waals surface area (Å²) >= 11 is 0. The predicted molar refractivity (Wildman–Crippen MR) is 67.9 cm³/mol. The minimum atomic E-state index is 0.472. The highest BCUT2D eigenvalue weighted by atomic mass is 14.9. The number of hydrogen-bond acceptors (Lipinski definition) is 1. The molecule has 3 rings (SSSR count). The van der Waals surface area contributed by atoms with Gasteiger partial charge in [0.15, 0.2) is 0 Å². The fourth-order valence-corrected chi connectivity index (χ4v) is 3.59. The molecule has 1 heteroatoms. The summed E-state index contributed by atoms with van der Waals surface area (Å²) in [6.07, 6.45) is 6.80. The first-order valence-electron chi connectivity index (χ1n) is 6.61. The Labute approximate surface area is 98.3 Å². The Hall–Kier alpha value is -0.820. The van der Waals surface area contributed by atoms with Crippen LogP contribution in [0.15, 0.2) is 18.2 Å². The van der Waals surface area contributed by atoms with Gasteiger partial charge in [0.2, 0.25) is 0 Å². The number of rotatable bonds is 0. The van der Waals surface area contributed by atoms with Crippen molar-refractivity contribution in [1.29, 1.82) is 0 Å². The smallest absolute Gasteiger partial charge is 0.00805 e. The molecule has 0 aromatic heterocycles. The van der Waals surface area contributed by atoms with E-state index in [1.807, 2.05) is 0 Å². The molecule has 1 fully saturated rings. The molecule has 0 bridgehead atoms. The summed E-state index contributed by atoms with van der Waals surface area (Å²) < 4.78 is 0. The van der Waals surface area contributed by atoms with E-state index in [0.717, 1.165) is 6.54 Å². The van der Waals surface area contributed by atoms with E-state index >= 15 is 0 Å². The lowest BCUT2D eigenvalue weighted by Gasteiger charge is -2.30. The van der Waals surface area contributed by atoms with Gasteiger partial charge in [-0.2, -0.15) is 0 Å². The molecular formula is C15H21N. The molecule has 86 valence electrons. The molecule has 1 N–H and O–H groups in total. The van der Waals surface area contributed by atoms with Crippen molar-refractivity contribution in [3.05, 3.63) is 34.9 Å². The van der Waals surface area contributed by atoms with Crippen LogP contribution < -0.4 is 5.32 Å². The third kappa shape index (κ3) is 1.58. The van der Waals surface area contributed by atoms with Crippen LogP contribution in [0.4, 0.5) is 0 Å². The maximum Gasteiger partial charge on any atom is 0.00805 e. The highest BCUT2D eigenvalue weighted by Crippen LogP contribution is 2.43. The van der Waals surface area contributed by atoms with Crippen molar-refractivity contribution in [3.63, 3.8) is 0 Å². The summed E-state index contributed by atoms with van der Waals surface area (Å²) in [5.74, 6) is 0. The Bertz CT molecular complexity index is 388. The minimum Gasteiger partial charge on any atom is -0.316 e. The number of aryl methyl sites for hydroxylation is 1. The van der Waals surface area contributed by atoms with Gasteiger partial charge in [-0.25, -0.2) is 0 Å². The van der Waals surface area contributed by atoms with E-state index in [4.69, 9.17) is 0 Å². The molecule has 1 heterocycles. The number of hydrogen-bond donors (Lipinski definition) is 1. The van der Waals surface area contributed by atoms with Crippen LogP contribution in [0.2, 0.25) is 0 Å². The van der Waals surface area contributed by atoms with Crippen molar-refractivity contribution in [2.45, 2.75) is 44.4 Å². The average Bonchev–Trinajstić information content (AvgIpc) is 2.66. The zero-order valence-corrected chi connectivity index (χ0v) is 10.2. The Balaban J connectivity index is 2.10. The number of benzene rings is 1. The summed E-state index contributed by atoms with van der Waals surface area (Å²) in [5, 5.41) is 3.65. The lowest BCUT2D eigenvalue weighted by Crippen LogP contribution is -2.34. The molecule has 0 saturated heterocycles. The van der Waals surface area contributed by atoms with E-state index in [9.17, 15) is 0 Å². The lowest BCUT2D eigenvalue weighted by atomic mass is 9.76. The van der Waals surface area contributed by atoms with Crippen LogP contribution in [0.1, 0.15) is 42.4 Å². The number of fused-ring (bicyclic) bond motifs is 2. The molecule has 1 aromatic rings. The maximum absolute atomic E-state index is 3.65. The van der Waals surface area contributed by atoms with Gasteiger partial charge in [0.1, 0.15) is 0 Å². The zero-order valence-electron chi connectivity index (χ0n) is 10.2. The molecule has 1 nitrogen and oxygen atoms in total. The van der Waals surface area contributed by atoms with E-state index in [-0.39, 0.29) is 0 Å². The lowest BCUT2D eigenvalue weighted by molar-refractivity contribution is 0.418. The first-order chi connectivity index (χ1) is 7.80. The first kappa shape index (κ1) is 10.3. The van der Waals surface area contributed by atoms with E-state index in [1.54, 1.807) is 11.1 Å². The summed E-state index contributed by atoms with van der Waals surface area (Å²) in [6, 6.07) is 7.11. The van der Waals surface area contributed by atoms with Crippen LogP contribution in [-0.4, -0.2) is 13.1 Å². The number of nitrogens with one attached hydrogen (secondary N) is 1. The average molecular weight is 215 g/mol. The van der Waals surface area contributed by atoms with Crippen LogP contribution in [-0.2, 0) is 11.8 Å². The van der Waals surface area contributed by atoms with Gasteiger partial charge in [0.05, 0.1) is 0 Å². The highest BCUT2D eigenvalue weighted by Gasteiger charge is 2.37. The van der Waals surface area contributed by atoms with Gasteiger partial charge in [0.25, 0.3) is 0 Å². The highest BCUT2D eigenvalue weighted by molar-refractivity contribution is 5.39. The molecule has 0 atom stereocenters. The largest absolute Gasteiger partial charge is 0.316 e. The summed E-state index contributed by atoms with van der Waals surface area (Å²) in [5.41, 5.74) is 5.14. The van der Waals surface area contributed by atoms with Crippen molar-refractivity contribution in [2.24, 2.45) is 0 Å². The van der Waals surface area contributed by atoms with Crippen molar-refractivity contribution in [1.82, 2.24) is 5.32 Å². The Morgan fingerprint density at radius 1 is 1.19 bits per heavy atom. The monoisotopic (exact) mass is 215 g/mol. The zero-order chi connectivity index (χ0) is 11.0. The van der Waals surface area contributed by atoms with Gasteiger partial charge in [0, 0.05) is 12.0 Å². The maximum atomic E-state index is 3.65. The second-order valence-electron chi connectivity index (χ2n) is 5.57. The molecule has 1 saturated carbocycles. The van der Waals surface area contributed by atoms with E-state index in [2.05, 4.69) is 30.4 Å². The van der Waals surface area contributed by atoms with Crippen molar-refractivity contribution in [2.75, 3.05) is 13.1 Å². The molecule has 1 aromatic carbocycles. The standard InChI is InChI=1S/C15H21N/c1-12-4-5-14-13(10-12)6-9-16-11-15(14)7-2-3-8-15/h4-5,10,16H,2-3,6-9,11H2,1H3. The SMILES string of the molecule is Cc1ccc2c(c1)CCNCC21CCCC1. The molecule has 16 heavy (non-hydrogen) atoms. The molecule has 0 radical (unpaired) electrons. The minimum absolute atomic E-state index is 0.472. The Morgan fingerprint density at radius 3 is 2.81 bits per heavy atom. The molecule has 2 aliphatic rings. The molecule has 1 spiro atoms. The summed E-state index contributed by atoms with van der Waals surface area (Å²) in [7, 11) is 0. The van der Waals surface area contributed by atoms with E-state index in [0.29, 0.717) is 5.41 Å². The predicted octanol–water partition coefficient (Wildman–Crippen LogP) is 2.95. The van der Waals surface area contributed by atoms with Gasteiger partial charge in [-0.1, -0.05) is 36.6 Å². The van der Waals surface area contributed by atoms with Crippen LogP contribution in [0.25, 0.3) is 0 Å². The van der Waals surface area contributed by atoms with Crippen LogP contribution >= 0.6 is 0 Å². The van der Waals surface area contributed by atoms with Crippen LogP contribution in [0.5, 0.6) is 0 Å². The van der Waals surface area contributed by atoms with Crippen molar-refractivity contribution < 1.29 is 0 Å². The molecule has 0 unspecified atom stereocenters. The summed E-state index contributed by atoms with van der Waals surface area (Å²) in [6.45, 7) is 4.56. The van der Waals surface area contributed by atoms with Crippen molar-refractivity contribution >= 4 is 0 Å². The quantitative estimate of drug-likeness (QED) is 0.701. The fourth-order valence-electron chi connectivity index (χ4n) is 3.59. The summed E-state index contributed by atoms with van der Waals surface area (Å²) in [4.78, 5) is 0. The van der Waals surface area contributed by atoms with E-state index in [1.165, 1.54) is 44.2 Å².